The van der Waals surface area contributed by atoms with Crippen LogP contribution in [0.2, 0.25) is 0 Å². The molecule has 1 unspecified atom stereocenters. The molecule has 0 spiro atoms. The van der Waals surface area contributed by atoms with E-state index in [0.717, 1.165) is 22.6 Å². The van der Waals surface area contributed by atoms with Crippen molar-refractivity contribution in [3.8, 4) is 11.5 Å². The number of ether oxygens (including phenoxy) is 2. The van der Waals surface area contributed by atoms with Gasteiger partial charge in [-0.15, -0.1) is 11.3 Å². The molecule has 0 saturated heterocycles. The molecular weight excluding hydrogens is 360 g/mol. The van der Waals surface area contributed by atoms with Gasteiger partial charge >= 0.3 is 0 Å². The van der Waals surface area contributed by atoms with Gasteiger partial charge in [0.05, 0.1) is 7.11 Å². The normalized spacial score (nSPS) is 11.6. The fraction of sp³-hybridized carbons (Fsp3) is 0.238. The maximum absolute atomic E-state index is 12.1. The average molecular weight is 382 g/mol. The van der Waals surface area contributed by atoms with Crippen molar-refractivity contribution < 1.29 is 14.3 Å². The lowest BCUT2D eigenvalue weighted by atomic mass is 9.97. The van der Waals surface area contributed by atoms with Crippen LogP contribution in [0.15, 0.2) is 60.1 Å². The van der Waals surface area contributed by atoms with Gasteiger partial charge in [0.15, 0.2) is 5.13 Å². The number of amides is 1. The molecule has 0 radical (unpaired) electrons. The Kier molecular flexibility index (Phi) is 6.44. The molecule has 0 aliphatic heterocycles. The second-order valence-electron chi connectivity index (χ2n) is 6.20. The van der Waals surface area contributed by atoms with Crippen LogP contribution >= 0.6 is 11.3 Å². The van der Waals surface area contributed by atoms with E-state index in [2.05, 4.69) is 10.3 Å². The molecule has 0 fully saturated rings. The monoisotopic (exact) mass is 382 g/mol. The third kappa shape index (κ3) is 5.56. The van der Waals surface area contributed by atoms with Crippen LogP contribution in [-0.2, 0) is 11.4 Å². The molecule has 2 aromatic carbocycles. The zero-order chi connectivity index (χ0) is 19.1. The molecule has 1 N–H and O–H groups in total. The van der Waals surface area contributed by atoms with Gasteiger partial charge < -0.3 is 14.8 Å². The van der Waals surface area contributed by atoms with Crippen molar-refractivity contribution in [1.82, 2.24) is 4.98 Å². The van der Waals surface area contributed by atoms with Gasteiger partial charge in [-0.25, -0.2) is 4.98 Å². The van der Waals surface area contributed by atoms with Crippen LogP contribution in [0.25, 0.3) is 0 Å². The van der Waals surface area contributed by atoms with Crippen LogP contribution in [0.1, 0.15) is 30.4 Å². The first-order chi connectivity index (χ1) is 13.1. The second-order valence-corrected chi connectivity index (χ2v) is 7.09. The minimum atomic E-state index is -0.0303. The van der Waals surface area contributed by atoms with Crippen LogP contribution in [0, 0.1) is 0 Å². The van der Waals surface area contributed by atoms with E-state index in [4.69, 9.17) is 9.47 Å². The Bertz CT molecular complexity index is 846. The van der Waals surface area contributed by atoms with Gasteiger partial charge in [-0.3, -0.25) is 4.79 Å². The van der Waals surface area contributed by atoms with E-state index in [-0.39, 0.29) is 11.8 Å². The van der Waals surface area contributed by atoms with E-state index < -0.39 is 0 Å². The number of anilines is 1. The predicted molar refractivity (Wildman–Crippen MR) is 108 cm³/mol. The Hall–Kier alpha value is -2.86. The number of carbonyl (C=O) groups is 1. The quantitative estimate of drug-likeness (QED) is 0.604. The van der Waals surface area contributed by atoms with E-state index in [9.17, 15) is 4.79 Å². The second kappa shape index (κ2) is 9.19. The zero-order valence-corrected chi connectivity index (χ0v) is 16.2. The van der Waals surface area contributed by atoms with Gasteiger partial charge in [0.2, 0.25) is 5.91 Å². The van der Waals surface area contributed by atoms with Crippen molar-refractivity contribution in [2.24, 2.45) is 0 Å². The third-order valence-corrected chi connectivity index (χ3v) is 4.87. The van der Waals surface area contributed by atoms with E-state index in [1.54, 1.807) is 13.3 Å². The van der Waals surface area contributed by atoms with E-state index in [0.29, 0.717) is 18.2 Å². The van der Waals surface area contributed by atoms with Gasteiger partial charge in [0, 0.05) is 18.0 Å². The van der Waals surface area contributed by atoms with Gasteiger partial charge in [-0.1, -0.05) is 31.2 Å². The molecule has 140 valence electrons. The summed E-state index contributed by atoms with van der Waals surface area (Å²) in [5, 5.41) is 5.29. The molecule has 1 atom stereocenters. The van der Waals surface area contributed by atoms with Crippen molar-refractivity contribution in [2.45, 2.75) is 25.9 Å². The van der Waals surface area contributed by atoms with Crippen LogP contribution < -0.4 is 14.8 Å². The number of methoxy groups -OCH3 is 1. The molecule has 27 heavy (non-hydrogen) atoms. The summed E-state index contributed by atoms with van der Waals surface area (Å²) >= 11 is 1.42. The molecular formula is C21H22N2O3S. The summed E-state index contributed by atoms with van der Waals surface area (Å²) in [7, 11) is 1.65. The van der Waals surface area contributed by atoms with Gasteiger partial charge in [-0.05, 0) is 41.3 Å². The lowest BCUT2D eigenvalue weighted by Gasteiger charge is -2.13. The highest BCUT2D eigenvalue weighted by atomic mass is 32.1. The first-order valence-corrected chi connectivity index (χ1v) is 9.57. The number of carbonyl (C=O) groups excluding carboxylic acids is 1. The van der Waals surface area contributed by atoms with E-state index >= 15 is 0 Å². The largest absolute Gasteiger partial charge is 0.497 e. The molecule has 5 nitrogen and oxygen atoms in total. The molecule has 1 amide bonds. The summed E-state index contributed by atoms with van der Waals surface area (Å²) in [6.45, 7) is 2.53. The van der Waals surface area contributed by atoms with Crippen molar-refractivity contribution in [1.29, 1.82) is 0 Å². The molecule has 0 saturated carbocycles. The summed E-state index contributed by atoms with van der Waals surface area (Å²) in [5.41, 5.74) is 2.17. The zero-order valence-electron chi connectivity index (χ0n) is 15.3. The highest BCUT2D eigenvalue weighted by molar-refractivity contribution is 7.13. The number of nitrogens with zero attached hydrogens (tertiary/aromatic N) is 1. The number of thiazole rings is 1. The molecule has 6 heteroatoms. The first-order valence-electron chi connectivity index (χ1n) is 8.69. The smallest absolute Gasteiger partial charge is 0.226 e. The van der Waals surface area contributed by atoms with Crippen molar-refractivity contribution in [3.63, 3.8) is 0 Å². The molecule has 0 bridgehead atoms. The number of hydrogen-bond acceptors (Lipinski definition) is 5. The van der Waals surface area contributed by atoms with Crippen molar-refractivity contribution >= 4 is 22.4 Å². The summed E-state index contributed by atoms with van der Waals surface area (Å²) in [6.07, 6.45) is 2.08. The standard InChI is InChI=1S/C21H22N2O3S/c1-15(13-20(24)23-21-22-11-12-27-21)17-5-9-19(10-6-17)26-14-16-3-7-18(25-2)8-4-16/h3-12,15H,13-14H2,1-2H3,(H,22,23,24). The Morgan fingerprint density at radius 2 is 1.81 bits per heavy atom. The predicted octanol–water partition coefficient (Wildman–Crippen LogP) is 4.86. The maximum Gasteiger partial charge on any atom is 0.226 e. The summed E-state index contributed by atoms with van der Waals surface area (Å²) in [5.74, 6) is 1.71. The minimum Gasteiger partial charge on any atom is -0.497 e. The van der Waals surface area contributed by atoms with Gasteiger partial charge in [-0.2, -0.15) is 0 Å². The molecule has 1 heterocycles. The van der Waals surface area contributed by atoms with Gasteiger partial charge in [0.1, 0.15) is 18.1 Å². The number of rotatable bonds is 8. The summed E-state index contributed by atoms with van der Waals surface area (Å²) in [6, 6.07) is 15.7. The number of nitrogens with one attached hydrogen (secondary N) is 1. The Morgan fingerprint density at radius 3 is 2.44 bits per heavy atom. The lowest BCUT2D eigenvalue weighted by molar-refractivity contribution is -0.116. The maximum atomic E-state index is 12.1. The first kappa shape index (κ1) is 18.9. The number of aromatic nitrogens is 1. The SMILES string of the molecule is COc1ccc(COc2ccc(C(C)CC(=O)Nc3nccs3)cc2)cc1. The van der Waals surface area contributed by atoms with E-state index in [1.807, 2.05) is 60.8 Å². The Balaban J connectivity index is 1.50. The fourth-order valence-electron chi connectivity index (χ4n) is 2.63. The average Bonchev–Trinajstić information content (AvgIpc) is 3.20. The number of benzene rings is 2. The lowest BCUT2D eigenvalue weighted by Crippen LogP contribution is -2.14. The molecule has 3 aromatic rings. The van der Waals surface area contributed by atoms with Crippen LogP contribution in [0.5, 0.6) is 11.5 Å². The van der Waals surface area contributed by atoms with Crippen LogP contribution in [-0.4, -0.2) is 18.0 Å². The molecule has 1 aromatic heterocycles. The van der Waals surface area contributed by atoms with Gasteiger partial charge in [0.25, 0.3) is 0 Å². The Labute approximate surface area is 163 Å². The summed E-state index contributed by atoms with van der Waals surface area (Å²) in [4.78, 5) is 16.2. The highest BCUT2D eigenvalue weighted by Crippen LogP contribution is 2.23. The minimum absolute atomic E-state index is 0.0303. The third-order valence-electron chi connectivity index (χ3n) is 4.18. The highest BCUT2D eigenvalue weighted by Gasteiger charge is 2.12. The molecule has 3 rings (SSSR count). The fourth-order valence-corrected chi connectivity index (χ4v) is 3.18. The topological polar surface area (TPSA) is 60.5 Å². The Morgan fingerprint density at radius 1 is 1.11 bits per heavy atom. The number of hydrogen-bond donors (Lipinski definition) is 1. The van der Waals surface area contributed by atoms with Crippen molar-refractivity contribution in [2.75, 3.05) is 12.4 Å². The molecule has 0 aliphatic carbocycles. The van der Waals surface area contributed by atoms with E-state index in [1.165, 1.54) is 11.3 Å². The molecule has 0 aliphatic rings. The van der Waals surface area contributed by atoms with Crippen LogP contribution in [0.3, 0.4) is 0 Å². The summed E-state index contributed by atoms with van der Waals surface area (Å²) < 4.78 is 11.0. The van der Waals surface area contributed by atoms with Crippen LogP contribution in [0.4, 0.5) is 5.13 Å². The van der Waals surface area contributed by atoms with Crippen molar-refractivity contribution in [3.05, 3.63) is 71.2 Å².